The van der Waals surface area contributed by atoms with Crippen LogP contribution in [0, 0.1) is 5.41 Å². The molecule has 3 fully saturated rings. The van der Waals surface area contributed by atoms with Gasteiger partial charge in [-0.2, -0.15) is 0 Å². The third kappa shape index (κ3) is 1.95. The lowest BCUT2D eigenvalue weighted by Crippen LogP contribution is -2.64. The third-order valence-electron chi connectivity index (χ3n) is 8.02. The summed E-state index contributed by atoms with van der Waals surface area (Å²) < 4.78 is 17.3. The zero-order valence-corrected chi connectivity index (χ0v) is 16.7. The van der Waals surface area contributed by atoms with Crippen LogP contribution in [0.25, 0.3) is 0 Å². The van der Waals surface area contributed by atoms with Gasteiger partial charge >= 0.3 is 5.97 Å². The first-order chi connectivity index (χ1) is 14.1. The Morgan fingerprint density at radius 2 is 2.17 bits per heavy atom. The Bertz CT molecular complexity index is 932. The van der Waals surface area contributed by atoms with Gasteiger partial charge in [-0.1, -0.05) is 18.2 Å². The van der Waals surface area contributed by atoms with Crippen molar-refractivity contribution in [3.05, 3.63) is 41.1 Å². The van der Waals surface area contributed by atoms with Gasteiger partial charge in [0.05, 0.1) is 30.3 Å². The van der Waals surface area contributed by atoms with Crippen LogP contribution in [0.3, 0.4) is 0 Å². The van der Waals surface area contributed by atoms with Gasteiger partial charge in [0.2, 0.25) is 0 Å². The highest BCUT2D eigenvalue weighted by atomic mass is 16.6. The van der Waals surface area contributed by atoms with Gasteiger partial charge < -0.3 is 24.6 Å². The monoisotopic (exact) mass is 398 g/mol. The average molecular weight is 398 g/mol. The smallest absolute Gasteiger partial charge is 0.335 e. The fourth-order valence-corrected chi connectivity index (χ4v) is 7.25. The van der Waals surface area contributed by atoms with Crippen molar-refractivity contribution in [2.45, 2.75) is 49.2 Å². The molecule has 0 amide bonds. The molecule has 4 heterocycles. The van der Waals surface area contributed by atoms with E-state index < -0.39 is 11.7 Å². The molecule has 1 aromatic carbocycles. The lowest BCUT2D eigenvalue weighted by Gasteiger charge is -2.56. The number of benzene rings is 1. The second-order valence-corrected chi connectivity index (χ2v) is 8.99. The molecule has 6 atom stereocenters. The number of para-hydroxylation sites is 1. The number of fused-ring (bicyclic) bond motifs is 1. The number of esters is 1. The van der Waals surface area contributed by atoms with Gasteiger partial charge in [0.15, 0.2) is 6.29 Å². The molecule has 6 unspecified atom stereocenters. The molecular weight excluding hydrogens is 372 g/mol. The molecule has 7 nitrogen and oxygen atoms in total. The Kier molecular flexibility index (Phi) is 3.59. The first-order valence-electron chi connectivity index (χ1n) is 10.3. The molecule has 29 heavy (non-hydrogen) atoms. The third-order valence-corrected chi connectivity index (χ3v) is 8.02. The maximum absolute atomic E-state index is 13.0. The largest absolute Gasteiger partial charge is 0.466 e. The van der Waals surface area contributed by atoms with Crippen LogP contribution in [0.2, 0.25) is 0 Å². The van der Waals surface area contributed by atoms with Crippen LogP contribution in [0.4, 0.5) is 5.69 Å². The highest BCUT2D eigenvalue weighted by Gasteiger charge is 2.74. The summed E-state index contributed by atoms with van der Waals surface area (Å²) in [6, 6.07) is 8.36. The zero-order valence-electron chi connectivity index (χ0n) is 16.7. The number of hydrogen-bond donors (Lipinski definition) is 2. The Morgan fingerprint density at radius 3 is 2.97 bits per heavy atom. The number of hydrogen-bond acceptors (Lipinski definition) is 7. The van der Waals surface area contributed by atoms with E-state index in [0.29, 0.717) is 18.4 Å². The minimum Gasteiger partial charge on any atom is -0.466 e. The fourth-order valence-electron chi connectivity index (χ4n) is 7.25. The molecule has 4 aliphatic heterocycles. The van der Waals surface area contributed by atoms with Crippen molar-refractivity contribution >= 4 is 11.7 Å². The van der Waals surface area contributed by atoms with E-state index in [9.17, 15) is 9.90 Å². The van der Waals surface area contributed by atoms with Gasteiger partial charge in [-0.05, 0) is 24.5 Å². The molecule has 2 N–H and O–H groups in total. The lowest BCUT2D eigenvalue weighted by molar-refractivity contribution is -0.139. The normalized spacial score (nSPS) is 42.0. The van der Waals surface area contributed by atoms with Crippen LogP contribution < -0.4 is 5.32 Å². The molecule has 0 saturated carbocycles. The van der Waals surface area contributed by atoms with Crippen molar-refractivity contribution in [2.75, 3.05) is 32.6 Å². The fraction of sp³-hybridized carbons (Fsp3) is 0.591. The van der Waals surface area contributed by atoms with Crippen molar-refractivity contribution in [1.82, 2.24) is 4.90 Å². The standard InChI is InChI=1S/C22H26N2O5/c1-27-16-11-24-8-7-15-21(10-17(25)29-15)9-12(19(26)28-2)18-22(16,20(21)24)13-5-3-4-6-14(13)23-18/h3-6,15-17,20,23,25H,7-11H2,1-2H3. The number of carbonyl (C=O) groups is 1. The summed E-state index contributed by atoms with van der Waals surface area (Å²) in [4.78, 5) is 15.5. The van der Waals surface area contributed by atoms with E-state index in [2.05, 4.69) is 22.3 Å². The number of aliphatic hydroxyl groups is 1. The summed E-state index contributed by atoms with van der Waals surface area (Å²) in [5.41, 5.74) is 2.91. The molecule has 0 radical (unpaired) electrons. The minimum atomic E-state index is -0.802. The van der Waals surface area contributed by atoms with E-state index in [-0.39, 0.29) is 29.6 Å². The first kappa shape index (κ1) is 17.9. The Labute approximate surface area is 169 Å². The summed E-state index contributed by atoms with van der Waals surface area (Å²) in [6.07, 6.45) is 0.916. The number of methoxy groups -OCH3 is 2. The van der Waals surface area contributed by atoms with E-state index in [4.69, 9.17) is 14.2 Å². The molecule has 6 rings (SSSR count). The Balaban J connectivity index is 1.69. The van der Waals surface area contributed by atoms with Gasteiger partial charge in [0.1, 0.15) is 0 Å². The van der Waals surface area contributed by atoms with E-state index >= 15 is 0 Å². The lowest BCUT2D eigenvalue weighted by atomic mass is 9.52. The van der Waals surface area contributed by atoms with Crippen molar-refractivity contribution in [2.24, 2.45) is 5.41 Å². The van der Waals surface area contributed by atoms with Crippen LogP contribution in [0.15, 0.2) is 35.5 Å². The van der Waals surface area contributed by atoms with Crippen LogP contribution >= 0.6 is 0 Å². The molecule has 1 aliphatic carbocycles. The number of anilines is 1. The van der Waals surface area contributed by atoms with Crippen LogP contribution in [-0.4, -0.2) is 67.8 Å². The molecular formula is C22H26N2O5. The van der Waals surface area contributed by atoms with E-state index in [1.165, 1.54) is 7.11 Å². The summed E-state index contributed by atoms with van der Waals surface area (Å²) in [5.74, 6) is -0.313. The van der Waals surface area contributed by atoms with Gasteiger partial charge in [0.25, 0.3) is 0 Å². The molecule has 5 aliphatic rings. The second-order valence-electron chi connectivity index (χ2n) is 8.99. The summed E-state index contributed by atoms with van der Waals surface area (Å²) >= 11 is 0. The average Bonchev–Trinajstić information content (AvgIpc) is 3.36. The van der Waals surface area contributed by atoms with Gasteiger partial charge in [0, 0.05) is 49.5 Å². The predicted octanol–water partition coefficient (Wildman–Crippen LogP) is 1.38. The highest BCUT2D eigenvalue weighted by molar-refractivity contribution is 5.93. The van der Waals surface area contributed by atoms with Crippen LogP contribution in [0.1, 0.15) is 24.8 Å². The van der Waals surface area contributed by atoms with Crippen molar-refractivity contribution in [3.8, 4) is 0 Å². The van der Waals surface area contributed by atoms with Crippen molar-refractivity contribution < 1.29 is 24.1 Å². The molecule has 7 heteroatoms. The maximum atomic E-state index is 13.0. The molecule has 1 aromatic rings. The predicted molar refractivity (Wildman–Crippen MR) is 104 cm³/mol. The van der Waals surface area contributed by atoms with Crippen LogP contribution in [-0.2, 0) is 24.4 Å². The molecule has 3 saturated heterocycles. The van der Waals surface area contributed by atoms with Crippen molar-refractivity contribution in [1.29, 1.82) is 0 Å². The SMILES string of the molecule is COC(=O)C1=C2Nc3ccccc3C23C(OC)CN2CCC4OC(O)CC4(C1)C23. The maximum Gasteiger partial charge on any atom is 0.335 e. The number of nitrogens with zero attached hydrogens (tertiary/aromatic N) is 1. The van der Waals surface area contributed by atoms with Gasteiger partial charge in [-0.15, -0.1) is 0 Å². The van der Waals surface area contributed by atoms with E-state index in [1.807, 2.05) is 12.1 Å². The zero-order chi connectivity index (χ0) is 20.0. The summed E-state index contributed by atoms with van der Waals surface area (Å²) in [6.45, 7) is 1.69. The van der Waals surface area contributed by atoms with E-state index in [1.54, 1.807) is 7.11 Å². The second kappa shape index (κ2) is 5.82. The Hall–Kier alpha value is -1.93. The molecule has 0 aromatic heterocycles. The van der Waals surface area contributed by atoms with E-state index in [0.717, 1.165) is 36.5 Å². The number of piperidine rings is 1. The Morgan fingerprint density at radius 1 is 1.34 bits per heavy atom. The van der Waals surface area contributed by atoms with Gasteiger partial charge in [-0.25, -0.2) is 4.79 Å². The number of carbonyl (C=O) groups excluding carboxylic acids is 1. The quantitative estimate of drug-likeness (QED) is 0.729. The number of rotatable bonds is 2. The number of ether oxygens (including phenoxy) is 3. The molecule has 2 spiro atoms. The molecule has 154 valence electrons. The number of aliphatic hydroxyl groups excluding tert-OH is 1. The summed E-state index contributed by atoms with van der Waals surface area (Å²) in [7, 11) is 3.19. The molecule has 0 bridgehead atoms. The van der Waals surface area contributed by atoms with Crippen molar-refractivity contribution in [3.63, 3.8) is 0 Å². The first-order valence-corrected chi connectivity index (χ1v) is 10.3. The summed E-state index contributed by atoms with van der Waals surface area (Å²) in [5, 5.41) is 14.1. The highest BCUT2D eigenvalue weighted by Crippen LogP contribution is 2.67. The topological polar surface area (TPSA) is 80.3 Å². The number of nitrogens with one attached hydrogen (secondary N) is 1. The van der Waals surface area contributed by atoms with Gasteiger partial charge in [-0.3, -0.25) is 4.90 Å². The minimum absolute atomic E-state index is 0.0831. The van der Waals surface area contributed by atoms with Crippen LogP contribution in [0.5, 0.6) is 0 Å².